The van der Waals surface area contributed by atoms with Gasteiger partial charge >= 0.3 is 17.6 Å². The molecule has 0 aromatic rings. The van der Waals surface area contributed by atoms with Crippen LogP contribution >= 0.6 is 0 Å². The number of rotatable bonds is 5. The van der Waals surface area contributed by atoms with Crippen LogP contribution < -0.4 is 0 Å². The molecule has 0 radical (unpaired) electrons. The molecule has 4 saturated carbocycles. The number of aliphatic hydroxyl groups is 1. The summed E-state index contributed by atoms with van der Waals surface area (Å²) in [7, 11) is 0. The molecule has 5 nitrogen and oxygen atoms in total. The highest BCUT2D eigenvalue weighted by molar-refractivity contribution is 6.04. The molecule has 1 N–H and O–H groups in total. The quantitative estimate of drug-likeness (QED) is 0.477. The molecule has 32 heavy (non-hydrogen) atoms. The molecule has 0 aromatic heterocycles. The van der Waals surface area contributed by atoms with Crippen LogP contribution in [0.4, 0.5) is 4.39 Å². The van der Waals surface area contributed by atoms with Gasteiger partial charge in [0.05, 0.1) is 18.8 Å². The first kappa shape index (κ1) is 24.0. The van der Waals surface area contributed by atoms with Crippen LogP contribution in [-0.2, 0) is 19.1 Å². The van der Waals surface area contributed by atoms with E-state index in [9.17, 15) is 14.7 Å². The van der Waals surface area contributed by atoms with Gasteiger partial charge in [0.2, 0.25) is 0 Å². The number of hydrogen-bond donors (Lipinski definition) is 1. The topological polar surface area (TPSA) is 72.8 Å². The highest BCUT2D eigenvalue weighted by Gasteiger charge is 2.68. The van der Waals surface area contributed by atoms with Crippen LogP contribution in [0.5, 0.6) is 0 Å². The number of carbonyl (C=O) groups is 2. The summed E-state index contributed by atoms with van der Waals surface area (Å²) in [6, 6.07) is 0. The molecule has 0 aromatic carbocycles. The van der Waals surface area contributed by atoms with Crippen LogP contribution in [0.25, 0.3) is 0 Å². The highest BCUT2D eigenvalue weighted by atomic mass is 19.1. The second-order valence-corrected chi connectivity index (χ2v) is 11.5. The maximum absolute atomic E-state index is 16.5. The number of halogens is 1. The van der Waals surface area contributed by atoms with Gasteiger partial charge in [-0.2, -0.15) is 0 Å². The third-order valence-electron chi connectivity index (χ3n) is 9.86. The molecule has 0 aliphatic heterocycles. The zero-order chi connectivity index (χ0) is 23.3. The Morgan fingerprint density at radius 3 is 2.16 bits per heavy atom. The van der Waals surface area contributed by atoms with Crippen molar-refractivity contribution in [1.82, 2.24) is 0 Å². The Bertz CT molecular complexity index is 718. The van der Waals surface area contributed by atoms with E-state index in [-0.39, 0.29) is 13.2 Å². The summed E-state index contributed by atoms with van der Waals surface area (Å²) in [5, 5.41) is 10.6. The summed E-state index contributed by atoms with van der Waals surface area (Å²) in [4.78, 5) is 25.6. The van der Waals surface area contributed by atoms with Gasteiger partial charge in [-0.3, -0.25) is 0 Å². The van der Waals surface area contributed by atoms with Crippen molar-refractivity contribution in [3.8, 4) is 0 Å². The molecule has 0 bridgehead atoms. The Hall–Kier alpha value is -1.17. The number of alkyl halides is 1. The monoisotopic (exact) mass is 452 g/mol. The molecule has 6 heteroatoms. The van der Waals surface area contributed by atoms with Gasteiger partial charge in [-0.25, -0.2) is 14.0 Å². The van der Waals surface area contributed by atoms with E-state index in [0.29, 0.717) is 36.0 Å². The van der Waals surface area contributed by atoms with Gasteiger partial charge < -0.3 is 14.6 Å². The van der Waals surface area contributed by atoms with Crippen LogP contribution in [0.2, 0.25) is 0 Å². The molecule has 0 unspecified atom stereocenters. The predicted octanol–water partition coefficient (Wildman–Crippen LogP) is 4.84. The summed E-state index contributed by atoms with van der Waals surface area (Å²) in [6.07, 6.45) is 8.26. The molecule has 0 saturated heterocycles. The molecule has 8 atom stereocenters. The molecule has 0 heterocycles. The van der Waals surface area contributed by atoms with Gasteiger partial charge in [0.25, 0.3) is 0 Å². The zero-order valence-corrected chi connectivity index (χ0v) is 20.2. The van der Waals surface area contributed by atoms with E-state index in [1.54, 1.807) is 13.8 Å². The maximum atomic E-state index is 16.5. The molecule has 4 fully saturated rings. The minimum absolute atomic E-state index is 0.0360. The van der Waals surface area contributed by atoms with Crippen molar-refractivity contribution < 1.29 is 28.6 Å². The fourth-order valence-corrected chi connectivity index (χ4v) is 8.58. The van der Waals surface area contributed by atoms with Crippen LogP contribution in [0.1, 0.15) is 85.5 Å². The second kappa shape index (κ2) is 8.56. The lowest BCUT2D eigenvalue weighted by Crippen LogP contribution is -2.57. The lowest BCUT2D eigenvalue weighted by Gasteiger charge is -2.57. The largest absolute Gasteiger partial charge is 0.463 e. The normalized spacial score (nSPS) is 43.6. The fraction of sp³-hybridized carbons (Fsp3) is 0.923. The summed E-state index contributed by atoms with van der Waals surface area (Å²) in [6.45, 7) is 7.42. The number of ether oxygens (including phenoxy) is 2. The smallest absolute Gasteiger partial charge is 0.356 e. The van der Waals surface area contributed by atoms with Crippen LogP contribution in [-0.4, -0.2) is 41.5 Å². The van der Waals surface area contributed by atoms with Gasteiger partial charge in [-0.15, -0.1) is 0 Å². The van der Waals surface area contributed by atoms with Crippen molar-refractivity contribution in [2.75, 3.05) is 13.2 Å². The van der Waals surface area contributed by atoms with Crippen molar-refractivity contribution in [2.24, 2.45) is 40.9 Å². The maximum Gasteiger partial charge on any atom is 0.356 e. The Morgan fingerprint density at radius 1 is 0.906 bits per heavy atom. The van der Waals surface area contributed by atoms with Crippen molar-refractivity contribution in [3.63, 3.8) is 0 Å². The minimum Gasteiger partial charge on any atom is -0.463 e. The summed E-state index contributed by atoms with van der Waals surface area (Å²) in [5.41, 5.74) is -3.69. The van der Waals surface area contributed by atoms with Crippen molar-refractivity contribution in [3.05, 3.63) is 0 Å². The highest BCUT2D eigenvalue weighted by Crippen LogP contribution is 2.66. The van der Waals surface area contributed by atoms with Crippen molar-refractivity contribution in [2.45, 2.75) is 96.8 Å². The Balaban J connectivity index is 1.59. The van der Waals surface area contributed by atoms with E-state index in [1.165, 1.54) is 0 Å². The van der Waals surface area contributed by atoms with Gasteiger partial charge in [0.15, 0.2) is 0 Å². The third-order valence-corrected chi connectivity index (χ3v) is 9.86. The Kier molecular flexibility index (Phi) is 6.41. The third kappa shape index (κ3) is 3.69. The summed E-state index contributed by atoms with van der Waals surface area (Å²) >= 11 is 0. The van der Waals surface area contributed by atoms with E-state index < -0.39 is 34.5 Å². The molecule has 4 rings (SSSR count). The van der Waals surface area contributed by atoms with Gasteiger partial charge in [0, 0.05) is 5.92 Å². The molecule has 0 spiro atoms. The van der Waals surface area contributed by atoms with Crippen molar-refractivity contribution >= 4 is 11.9 Å². The fourth-order valence-electron chi connectivity index (χ4n) is 8.58. The van der Waals surface area contributed by atoms with Crippen LogP contribution in [0.3, 0.4) is 0 Å². The van der Waals surface area contributed by atoms with Gasteiger partial charge in [0.1, 0.15) is 0 Å². The molecule has 182 valence electrons. The summed E-state index contributed by atoms with van der Waals surface area (Å²) in [5.74, 6) is -0.199. The van der Waals surface area contributed by atoms with Crippen molar-refractivity contribution in [1.29, 1.82) is 0 Å². The Labute approximate surface area is 191 Å². The van der Waals surface area contributed by atoms with E-state index in [0.717, 1.165) is 51.4 Å². The van der Waals surface area contributed by atoms with Crippen LogP contribution in [0, 0.1) is 40.9 Å². The molecular formula is C26H41FO5. The lowest BCUT2D eigenvalue weighted by atomic mass is 9.48. The number of esters is 2. The average Bonchev–Trinajstić information content (AvgIpc) is 3.10. The molecule has 0 amide bonds. The van der Waals surface area contributed by atoms with E-state index >= 15 is 4.39 Å². The molecule has 4 aliphatic rings. The predicted molar refractivity (Wildman–Crippen MR) is 118 cm³/mol. The number of fused-ring (bicyclic) bond motifs is 5. The second-order valence-electron chi connectivity index (χ2n) is 11.5. The lowest BCUT2D eigenvalue weighted by molar-refractivity contribution is -0.187. The first-order valence-electron chi connectivity index (χ1n) is 12.8. The first-order valence-corrected chi connectivity index (χ1v) is 12.8. The molecule has 4 aliphatic carbocycles. The zero-order valence-electron chi connectivity index (χ0n) is 20.2. The Morgan fingerprint density at radius 2 is 1.53 bits per heavy atom. The van der Waals surface area contributed by atoms with Gasteiger partial charge in [-0.05, 0) is 114 Å². The van der Waals surface area contributed by atoms with E-state index in [2.05, 4.69) is 6.92 Å². The standard InChI is InChI=1S/C26H41FO5/c1-5-31-22(28)26(27,23(29)32-6-2)21-10-9-20-19-8-7-16-15-24(3,30)13-11-17(16)18(19)12-14-25(20,21)4/h16-21,30H,5-15H2,1-4H3/t16-,17+,18-,19-,20+,21+,24-,25+/m1/s1. The first-order chi connectivity index (χ1) is 15.1. The number of hydrogen-bond acceptors (Lipinski definition) is 5. The van der Waals surface area contributed by atoms with E-state index in [4.69, 9.17) is 9.47 Å². The summed E-state index contributed by atoms with van der Waals surface area (Å²) < 4.78 is 26.6. The minimum atomic E-state index is -2.73. The van der Waals surface area contributed by atoms with Gasteiger partial charge in [-0.1, -0.05) is 6.92 Å². The van der Waals surface area contributed by atoms with Crippen LogP contribution in [0.15, 0.2) is 0 Å². The van der Waals surface area contributed by atoms with E-state index in [1.807, 2.05) is 6.92 Å². The number of carbonyl (C=O) groups excluding carboxylic acids is 2. The SMILES string of the molecule is CCOC(=O)C(F)(C(=O)OCC)[C@H]1CC[C@H]2[C@@H]3CC[C@@H]4C[C@](C)(O)CC[C@@H]4[C@H]3CC[C@]12C. The average molecular weight is 453 g/mol. The molecular weight excluding hydrogens is 411 g/mol.